The van der Waals surface area contributed by atoms with E-state index in [1.54, 1.807) is 0 Å². The molecule has 0 bridgehead atoms. The minimum Gasteiger partial charge on any atom is -0.319 e. The number of thiazole rings is 1. The molecule has 0 unspecified atom stereocenters. The molecule has 0 saturated carbocycles. The number of nitrogens with one attached hydrogen (secondary N) is 1. The van der Waals surface area contributed by atoms with Gasteiger partial charge in [-0.2, -0.15) is 0 Å². The van der Waals surface area contributed by atoms with Gasteiger partial charge in [0.05, 0.1) is 16.8 Å². The van der Waals surface area contributed by atoms with Gasteiger partial charge >= 0.3 is 6.03 Å². The van der Waals surface area contributed by atoms with Gasteiger partial charge in [-0.05, 0) is 31.0 Å². The molecule has 1 aliphatic heterocycles. The van der Waals surface area contributed by atoms with Crippen LogP contribution in [0.1, 0.15) is 29.5 Å². The summed E-state index contributed by atoms with van der Waals surface area (Å²) in [6.07, 6.45) is 0.497. The fourth-order valence-corrected chi connectivity index (χ4v) is 4.33. The predicted octanol–water partition coefficient (Wildman–Crippen LogP) is 3.96. The number of para-hydroxylation sites is 1. The number of aromatic nitrogens is 1. The fourth-order valence-electron chi connectivity index (χ4n) is 3.37. The largest absolute Gasteiger partial charge is 0.325 e. The van der Waals surface area contributed by atoms with E-state index in [0.717, 1.165) is 26.4 Å². The van der Waals surface area contributed by atoms with Crippen LogP contribution < -0.4 is 5.32 Å². The summed E-state index contributed by atoms with van der Waals surface area (Å²) in [6.45, 7) is 4.10. The molecule has 0 radical (unpaired) electrons. The molecule has 0 spiro atoms. The molecule has 4 rings (SSSR count). The van der Waals surface area contributed by atoms with Gasteiger partial charge in [-0.15, -0.1) is 11.3 Å². The molecule has 2 heterocycles. The molecule has 2 aromatic carbocycles. The summed E-state index contributed by atoms with van der Waals surface area (Å²) >= 11 is 1.51. The number of benzene rings is 2. The third-order valence-electron chi connectivity index (χ3n) is 4.88. The molecule has 132 valence electrons. The molecule has 26 heavy (non-hydrogen) atoms. The van der Waals surface area contributed by atoms with Gasteiger partial charge in [0, 0.05) is 0 Å². The van der Waals surface area contributed by atoms with Gasteiger partial charge < -0.3 is 5.32 Å². The number of aryl methyl sites for hydroxylation is 1. The number of fused-ring (bicyclic) bond motifs is 1. The Morgan fingerprint density at radius 2 is 1.85 bits per heavy atom. The maximum Gasteiger partial charge on any atom is 0.325 e. The van der Waals surface area contributed by atoms with E-state index in [0.29, 0.717) is 6.42 Å². The molecule has 0 aliphatic carbocycles. The predicted molar refractivity (Wildman–Crippen MR) is 102 cm³/mol. The van der Waals surface area contributed by atoms with Gasteiger partial charge in [-0.1, -0.05) is 48.9 Å². The number of carbonyl (C=O) groups is 2. The molecule has 1 fully saturated rings. The average Bonchev–Trinajstić information content (AvgIpc) is 3.16. The van der Waals surface area contributed by atoms with Crippen LogP contribution in [0.25, 0.3) is 10.2 Å². The number of hydrogen-bond acceptors (Lipinski definition) is 4. The van der Waals surface area contributed by atoms with E-state index >= 15 is 0 Å². The van der Waals surface area contributed by atoms with Crippen LogP contribution in [0.2, 0.25) is 0 Å². The van der Waals surface area contributed by atoms with Gasteiger partial charge in [-0.25, -0.2) is 9.78 Å². The molecule has 3 amide bonds. The van der Waals surface area contributed by atoms with Crippen molar-refractivity contribution in [2.45, 2.75) is 32.4 Å². The average molecular weight is 365 g/mol. The highest BCUT2D eigenvalue weighted by Gasteiger charge is 2.51. The molecule has 5 nitrogen and oxygen atoms in total. The second kappa shape index (κ2) is 6.21. The number of nitrogens with zero attached hydrogens (tertiary/aromatic N) is 2. The van der Waals surface area contributed by atoms with Crippen LogP contribution in [0, 0.1) is 6.92 Å². The highest BCUT2D eigenvalue weighted by atomic mass is 32.1. The number of hydrogen-bond donors (Lipinski definition) is 1. The lowest BCUT2D eigenvalue weighted by molar-refractivity contribution is -0.132. The summed E-state index contributed by atoms with van der Waals surface area (Å²) < 4.78 is 1.05. The summed E-state index contributed by atoms with van der Waals surface area (Å²) in [6, 6.07) is 15.2. The first kappa shape index (κ1) is 16.7. The molecule has 6 heteroatoms. The maximum atomic E-state index is 13.2. The van der Waals surface area contributed by atoms with Crippen molar-refractivity contribution in [1.82, 2.24) is 15.2 Å². The van der Waals surface area contributed by atoms with Crippen LogP contribution in [-0.4, -0.2) is 21.8 Å². The summed E-state index contributed by atoms with van der Waals surface area (Å²) in [4.78, 5) is 31.6. The first-order valence-electron chi connectivity index (χ1n) is 8.59. The summed E-state index contributed by atoms with van der Waals surface area (Å²) in [7, 11) is 0. The number of imide groups is 1. The lowest BCUT2D eigenvalue weighted by Gasteiger charge is -2.25. The van der Waals surface area contributed by atoms with Gasteiger partial charge in [0.25, 0.3) is 5.91 Å². The van der Waals surface area contributed by atoms with Crippen LogP contribution in [-0.2, 0) is 16.9 Å². The standard InChI is InChI=1S/C20H19N3O2S/c1-3-20(14-10-8-13(2)9-11-14)18(24)23(19(25)22-20)12-17-21-15-6-4-5-7-16(15)26-17/h4-11H,3,12H2,1-2H3,(H,22,25)/t20-/m0/s1. The Balaban J connectivity index is 1.66. The van der Waals surface area contributed by atoms with Crippen LogP contribution in [0.3, 0.4) is 0 Å². The van der Waals surface area contributed by atoms with E-state index in [4.69, 9.17) is 0 Å². The molecule has 1 aliphatic rings. The Morgan fingerprint density at radius 1 is 1.12 bits per heavy atom. The van der Waals surface area contributed by atoms with Crippen LogP contribution in [0.5, 0.6) is 0 Å². The fraction of sp³-hybridized carbons (Fsp3) is 0.250. The molecule has 1 saturated heterocycles. The second-order valence-electron chi connectivity index (χ2n) is 6.52. The summed E-state index contributed by atoms with van der Waals surface area (Å²) in [5, 5.41) is 3.68. The Bertz CT molecular complexity index is 963. The SMILES string of the molecule is CC[C@@]1(c2ccc(C)cc2)NC(=O)N(Cc2nc3ccccc3s2)C1=O. The molecule has 1 N–H and O–H groups in total. The summed E-state index contributed by atoms with van der Waals surface area (Å²) in [5.41, 5.74) is 1.82. The number of carbonyl (C=O) groups excluding carboxylic acids is 2. The highest BCUT2D eigenvalue weighted by molar-refractivity contribution is 7.18. The number of amides is 3. The van der Waals surface area contributed by atoms with E-state index in [9.17, 15) is 9.59 Å². The van der Waals surface area contributed by atoms with Crippen molar-refractivity contribution in [3.63, 3.8) is 0 Å². The van der Waals surface area contributed by atoms with Crippen LogP contribution >= 0.6 is 11.3 Å². The molecule has 1 aromatic heterocycles. The Kier molecular flexibility index (Phi) is 4.00. The quantitative estimate of drug-likeness (QED) is 0.712. The van der Waals surface area contributed by atoms with Gasteiger partial charge in [-0.3, -0.25) is 9.69 Å². The lowest BCUT2D eigenvalue weighted by atomic mass is 9.87. The van der Waals surface area contributed by atoms with Crippen molar-refractivity contribution in [2.75, 3.05) is 0 Å². The zero-order valence-electron chi connectivity index (χ0n) is 14.7. The van der Waals surface area contributed by atoms with Crippen molar-refractivity contribution in [1.29, 1.82) is 0 Å². The number of urea groups is 1. The first-order chi connectivity index (χ1) is 12.5. The number of rotatable bonds is 4. The van der Waals surface area contributed by atoms with Crippen LogP contribution in [0.15, 0.2) is 48.5 Å². The van der Waals surface area contributed by atoms with Gasteiger partial charge in [0.15, 0.2) is 0 Å². The molecular weight excluding hydrogens is 346 g/mol. The Hall–Kier alpha value is -2.73. The topological polar surface area (TPSA) is 62.3 Å². The van der Waals surface area contributed by atoms with E-state index in [1.165, 1.54) is 16.2 Å². The van der Waals surface area contributed by atoms with Crippen LogP contribution in [0.4, 0.5) is 4.79 Å². The van der Waals surface area contributed by atoms with E-state index < -0.39 is 5.54 Å². The first-order valence-corrected chi connectivity index (χ1v) is 9.41. The third kappa shape index (κ3) is 2.57. The zero-order chi connectivity index (χ0) is 18.3. The minimum absolute atomic E-state index is 0.192. The van der Waals surface area contributed by atoms with E-state index in [-0.39, 0.29) is 18.5 Å². The Morgan fingerprint density at radius 3 is 2.54 bits per heavy atom. The van der Waals surface area contributed by atoms with E-state index in [2.05, 4.69) is 10.3 Å². The minimum atomic E-state index is -0.999. The van der Waals surface area contributed by atoms with E-state index in [1.807, 2.05) is 62.4 Å². The lowest BCUT2D eigenvalue weighted by Crippen LogP contribution is -2.43. The van der Waals surface area contributed by atoms with Crippen molar-refractivity contribution < 1.29 is 9.59 Å². The van der Waals surface area contributed by atoms with Crippen molar-refractivity contribution in [2.24, 2.45) is 0 Å². The molecular formula is C20H19N3O2S. The second-order valence-corrected chi connectivity index (χ2v) is 7.64. The van der Waals surface area contributed by atoms with Crippen molar-refractivity contribution >= 4 is 33.5 Å². The third-order valence-corrected chi connectivity index (χ3v) is 5.90. The summed E-state index contributed by atoms with van der Waals surface area (Å²) in [5.74, 6) is -0.215. The molecule has 3 aromatic rings. The smallest absolute Gasteiger partial charge is 0.319 e. The van der Waals surface area contributed by atoms with Gasteiger partial charge in [0.2, 0.25) is 0 Å². The highest BCUT2D eigenvalue weighted by Crippen LogP contribution is 2.34. The monoisotopic (exact) mass is 365 g/mol. The van der Waals surface area contributed by atoms with Crippen molar-refractivity contribution in [3.05, 3.63) is 64.7 Å². The normalized spacial score (nSPS) is 20.0. The van der Waals surface area contributed by atoms with Gasteiger partial charge in [0.1, 0.15) is 10.5 Å². The van der Waals surface area contributed by atoms with Crippen molar-refractivity contribution in [3.8, 4) is 0 Å². The Labute approximate surface area is 155 Å². The zero-order valence-corrected chi connectivity index (χ0v) is 15.5. The molecule has 1 atom stereocenters. The maximum absolute atomic E-state index is 13.2.